The Balaban J connectivity index is 3.47. The fraction of sp³-hybridized carbons (Fsp3) is 0.571. The molecule has 1 rings (SSSR count). The fourth-order valence-corrected chi connectivity index (χ4v) is 2.04. The molecule has 96 valence electrons. The smallest absolute Gasteiger partial charge is 0.128 e. The molecule has 17 heavy (non-hydrogen) atoms. The summed E-state index contributed by atoms with van der Waals surface area (Å²) in [5, 5.41) is 10.0. The Morgan fingerprint density at radius 2 is 1.94 bits per heavy atom. The minimum atomic E-state index is -0.674. The van der Waals surface area contributed by atoms with Crippen LogP contribution in [0.2, 0.25) is 0 Å². The third-order valence-electron chi connectivity index (χ3n) is 2.98. The van der Waals surface area contributed by atoms with E-state index < -0.39 is 6.10 Å². The monoisotopic (exact) mass is 237 g/mol. The standard InChI is InChI=1S/C14H23NO2/c1-9-6-7-10(14(2,3)4)13(17-5)12(9)11(16)8-15/h6-7,11,16H,8,15H2,1-5H3. The summed E-state index contributed by atoms with van der Waals surface area (Å²) in [6, 6.07) is 4.07. The van der Waals surface area contributed by atoms with Gasteiger partial charge < -0.3 is 15.6 Å². The number of hydrogen-bond donors (Lipinski definition) is 2. The van der Waals surface area contributed by atoms with Gasteiger partial charge in [0.05, 0.1) is 13.2 Å². The molecular weight excluding hydrogens is 214 g/mol. The van der Waals surface area contributed by atoms with Crippen molar-refractivity contribution in [1.29, 1.82) is 0 Å². The lowest BCUT2D eigenvalue weighted by atomic mass is 9.83. The van der Waals surface area contributed by atoms with Gasteiger partial charge in [0.25, 0.3) is 0 Å². The van der Waals surface area contributed by atoms with Gasteiger partial charge in [-0.2, -0.15) is 0 Å². The lowest BCUT2D eigenvalue weighted by Gasteiger charge is -2.26. The molecule has 1 atom stereocenters. The van der Waals surface area contributed by atoms with E-state index in [-0.39, 0.29) is 12.0 Å². The van der Waals surface area contributed by atoms with Crippen molar-refractivity contribution in [3.8, 4) is 5.75 Å². The maximum absolute atomic E-state index is 10.0. The fourth-order valence-electron chi connectivity index (χ4n) is 2.04. The van der Waals surface area contributed by atoms with Crippen LogP contribution in [-0.2, 0) is 5.41 Å². The normalized spacial score (nSPS) is 13.6. The van der Waals surface area contributed by atoms with Crippen LogP contribution in [-0.4, -0.2) is 18.8 Å². The Hall–Kier alpha value is -1.06. The Kier molecular flexibility index (Phi) is 4.17. The van der Waals surface area contributed by atoms with Crippen LogP contribution in [0.1, 0.15) is 43.6 Å². The number of aliphatic hydroxyl groups excluding tert-OH is 1. The lowest BCUT2D eigenvalue weighted by molar-refractivity contribution is 0.180. The topological polar surface area (TPSA) is 55.5 Å². The van der Waals surface area contributed by atoms with Crippen LogP contribution in [0.4, 0.5) is 0 Å². The Morgan fingerprint density at radius 3 is 2.35 bits per heavy atom. The predicted octanol–water partition coefficient (Wildman–Crippen LogP) is 2.29. The van der Waals surface area contributed by atoms with Crippen molar-refractivity contribution >= 4 is 0 Å². The van der Waals surface area contributed by atoms with Gasteiger partial charge in [0.15, 0.2) is 0 Å². The predicted molar refractivity (Wildman–Crippen MR) is 70.4 cm³/mol. The molecule has 0 aromatic heterocycles. The molecule has 0 bridgehead atoms. The molecule has 0 heterocycles. The van der Waals surface area contributed by atoms with Crippen molar-refractivity contribution < 1.29 is 9.84 Å². The maximum Gasteiger partial charge on any atom is 0.128 e. The first-order valence-electron chi connectivity index (χ1n) is 5.89. The van der Waals surface area contributed by atoms with Gasteiger partial charge in [-0.15, -0.1) is 0 Å². The van der Waals surface area contributed by atoms with Crippen LogP contribution in [0, 0.1) is 6.92 Å². The van der Waals surface area contributed by atoms with Crippen LogP contribution in [0.25, 0.3) is 0 Å². The van der Waals surface area contributed by atoms with Crippen LogP contribution in [0.3, 0.4) is 0 Å². The molecule has 0 saturated heterocycles. The van der Waals surface area contributed by atoms with Gasteiger partial charge in [-0.05, 0) is 23.5 Å². The maximum atomic E-state index is 10.0. The molecule has 1 aromatic carbocycles. The number of methoxy groups -OCH3 is 1. The summed E-state index contributed by atoms with van der Waals surface area (Å²) in [4.78, 5) is 0. The van der Waals surface area contributed by atoms with Gasteiger partial charge in [0.1, 0.15) is 5.75 Å². The molecule has 3 heteroatoms. The second kappa shape index (κ2) is 5.07. The minimum absolute atomic E-state index is 0.0257. The number of ether oxygens (including phenoxy) is 1. The second-order valence-electron chi connectivity index (χ2n) is 5.38. The van der Waals surface area contributed by atoms with Crippen molar-refractivity contribution in [1.82, 2.24) is 0 Å². The Morgan fingerprint density at radius 1 is 1.35 bits per heavy atom. The third-order valence-corrected chi connectivity index (χ3v) is 2.98. The van der Waals surface area contributed by atoms with E-state index in [1.165, 1.54) is 0 Å². The SMILES string of the molecule is COc1c(C(C)(C)C)ccc(C)c1C(O)CN. The first kappa shape index (κ1) is 14.0. The summed E-state index contributed by atoms with van der Waals surface area (Å²) in [5.41, 5.74) is 8.43. The zero-order valence-corrected chi connectivity index (χ0v) is 11.4. The third kappa shape index (κ3) is 2.79. The van der Waals surface area contributed by atoms with Crippen molar-refractivity contribution in [3.63, 3.8) is 0 Å². The van der Waals surface area contributed by atoms with E-state index in [9.17, 15) is 5.11 Å². The highest BCUT2D eigenvalue weighted by Crippen LogP contribution is 2.38. The summed E-state index contributed by atoms with van der Waals surface area (Å²) in [6.45, 7) is 8.53. The average Bonchev–Trinajstić information content (AvgIpc) is 2.25. The summed E-state index contributed by atoms with van der Waals surface area (Å²) >= 11 is 0. The molecule has 0 amide bonds. The molecule has 3 nitrogen and oxygen atoms in total. The van der Waals surface area contributed by atoms with E-state index in [1.807, 2.05) is 13.0 Å². The summed E-state index contributed by atoms with van der Waals surface area (Å²) in [6.07, 6.45) is -0.674. The summed E-state index contributed by atoms with van der Waals surface area (Å²) < 4.78 is 5.49. The van der Waals surface area contributed by atoms with Gasteiger partial charge in [0, 0.05) is 12.1 Å². The molecule has 0 radical (unpaired) electrons. The van der Waals surface area contributed by atoms with Crippen molar-refractivity contribution in [2.24, 2.45) is 5.73 Å². The highest BCUT2D eigenvalue weighted by atomic mass is 16.5. The molecule has 0 aliphatic carbocycles. The van der Waals surface area contributed by atoms with E-state index >= 15 is 0 Å². The number of aryl methyl sites for hydroxylation is 1. The van der Waals surface area contributed by atoms with E-state index in [1.54, 1.807) is 7.11 Å². The van der Waals surface area contributed by atoms with Gasteiger partial charge in [-0.3, -0.25) is 0 Å². The number of nitrogens with two attached hydrogens (primary N) is 1. The van der Waals surface area contributed by atoms with E-state index in [2.05, 4.69) is 26.8 Å². The first-order valence-corrected chi connectivity index (χ1v) is 5.89. The van der Waals surface area contributed by atoms with E-state index in [4.69, 9.17) is 10.5 Å². The molecule has 1 unspecified atom stereocenters. The minimum Gasteiger partial charge on any atom is -0.496 e. The van der Waals surface area contributed by atoms with Crippen molar-refractivity contribution in [3.05, 3.63) is 28.8 Å². The number of benzene rings is 1. The average molecular weight is 237 g/mol. The van der Waals surface area contributed by atoms with Gasteiger partial charge in [-0.1, -0.05) is 32.9 Å². The highest BCUT2D eigenvalue weighted by molar-refractivity contribution is 5.50. The molecule has 0 fully saturated rings. The molecule has 1 aromatic rings. The van der Waals surface area contributed by atoms with Crippen LogP contribution < -0.4 is 10.5 Å². The summed E-state index contributed by atoms with van der Waals surface area (Å²) in [5.74, 6) is 0.760. The number of hydrogen-bond acceptors (Lipinski definition) is 3. The molecular formula is C14H23NO2. The van der Waals surface area contributed by atoms with Gasteiger partial charge in [0.2, 0.25) is 0 Å². The zero-order valence-electron chi connectivity index (χ0n) is 11.4. The molecule has 0 aliphatic heterocycles. The van der Waals surface area contributed by atoms with Crippen LogP contribution in [0.15, 0.2) is 12.1 Å². The molecule has 0 saturated carbocycles. The largest absolute Gasteiger partial charge is 0.496 e. The first-order chi connectivity index (χ1) is 7.82. The van der Waals surface area contributed by atoms with Crippen molar-refractivity contribution in [2.45, 2.75) is 39.2 Å². The molecule has 3 N–H and O–H groups in total. The highest BCUT2D eigenvalue weighted by Gasteiger charge is 2.24. The number of rotatable bonds is 3. The zero-order chi connectivity index (χ0) is 13.2. The number of aliphatic hydroxyl groups is 1. The summed E-state index contributed by atoms with van der Waals surface area (Å²) in [7, 11) is 1.64. The van der Waals surface area contributed by atoms with Crippen LogP contribution in [0.5, 0.6) is 5.75 Å². The second-order valence-corrected chi connectivity index (χ2v) is 5.38. The van der Waals surface area contributed by atoms with Crippen LogP contribution >= 0.6 is 0 Å². The quantitative estimate of drug-likeness (QED) is 0.848. The van der Waals surface area contributed by atoms with E-state index in [0.717, 1.165) is 22.4 Å². The van der Waals surface area contributed by atoms with Crippen molar-refractivity contribution in [2.75, 3.05) is 13.7 Å². The van der Waals surface area contributed by atoms with Gasteiger partial charge >= 0.3 is 0 Å². The van der Waals surface area contributed by atoms with Gasteiger partial charge in [-0.25, -0.2) is 0 Å². The Labute approximate surface area is 104 Å². The lowest BCUT2D eigenvalue weighted by Crippen LogP contribution is -2.18. The molecule has 0 aliphatic rings. The Bertz CT molecular complexity index is 394. The molecule has 0 spiro atoms. The van der Waals surface area contributed by atoms with E-state index in [0.29, 0.717) is 0 Å².